The SMILES string of the molecule is Clc1cncc(CC2CCCCO2)c1. The average Bonchev–Trinajstić information content (AvgIpc) is 2.19. The molecule has 0 amide bonds. The summed E-state index contributed by atoms with van der Waals surface area (Å²) in [6.45, 7) is 0.901. The maximum atomic E-state index is 5.86. The molecule has 3 heteroatoms. The third-order valence-electron chi connectivity index (χ3n) is 2.50. The van der Waals surface area contributed by atoms with Gasteiger partial charge in [0.15, 0.2) is 0 Å². The first-order chi connectivity index (χ1) is 6.84. The molecule has 1 fully saturated rings. The molecule has 1 saturated heterocycles. The van der Waals surface area contributed by atoms with Crippen molar-refractivity contribution in [1.29, 1.82) is 0 Å². The number of nitrogens with zero attached hydrogens (tertiary/aromatic N) is 1. The number of aromatic nitrogens is 1. The lowest BCUT2D eigenvalue weighted by atomic mass is 10.0. The average molecular weight is 212 g/mol. The van der Waals surface area contributed by atoms with Gasteiger partial charge in [0.25, 0.3) is 0 Å². The van der Waals surface area contributed by atoms with E-state index < -0.39 is 0 Å². The smallest absolute Gasteiger partial charge is 0.0616 e. The number of hydrogen-bond acceptors (Lipinski definition) is 2. The summed E-state index contributed by atoms with van der Waals surface area (Å²) in [6.07, 6.45) is 8.46. The number of pyridine rings is 1. The highest BCUT2D eigenvalue weighted by Crippen LogP contribution is 2.18. The monoisotopic (exact) mass is 211 g/mol. The largest absolute Gasteiger partial charge is 0.378 e. The summed E-state index contributed by atoms with van der Waals surface area (Å²) in [5.74, 6) is 0. The third-order valence-corrected chi connectivity index (χ3v) is 2.71. The number of ether oxygens (including phenoxy) is 1. The quantitative estimate of drug-likeness (QED) is 0.751. The van der Waals surface area contributed by atoms with Gasteiger partial charge in [-0.2, -0.15) is 0 Å². The van der Waals surface area contributed by atoms with E-state index in [2.05, 4.69) is 4.98 Å². The van der Waals surface area contributed by atoms with Crippen LogP contribution < -0.4 is 0 Å². The van der Waals surface area contributed by atoms with Gasteiger partial charge < -0.3 is 4.74 Å². The van der Waals surface area contributed by atoms with Crippen molar-refractivity contribution in [1.82, 2.24) is 4.98 Å². The van der Waals surface area contributed by atoms with E-state index in [0.29, 0.717) is 11.1 Å². The Balaban J connectivity index is 1.95. The van der Waals surface area contributed by atoms with Crippen LogP contribution in [0.25, 0.3) is 0 Å². The first-order valence-electron chi connectivity index (χ1n) is 5.05. The molecule has 2 rings (SSSR count). The molecule has 1 aliphatic rings. The van der Waals surface area contributed by atoms with Gasteiger partial charge in [-0.1, -0.05) is 11.6 Å². The first-order valence-corrected chi connectivity index (χ1v) is 5.43. The number of halogens is 1. The van der Waals surface area contributed by atoms with Crippen LogP contribution in [0.3, 0.4) is 0 Å². The van der Waals surface area contributed by atoms with Crippen molar-refractivity contribution in [3.8, 4) is 0 Å². The topological polar surface area (TPSA) is 22.1 Å². The van der Waals surface area contributed by atoms with Gasteiger partial charge in [0.05, 0.1) is 11.1 Å². The van der Waals surface area contributed by atoms with E-state index >= 15 is 0 Å². The molecule has 0 aromatic carbocycles. The van der Waals surface area contributed by atoms with Crippen LogP contribution in [0.15, 0.2) is 18.5 Å². The molecular weight excluding hydrogens is 198 g/mol. The van der Waals surface area contributed by atoms with Gasteiger partial charge in [-0.15, -0.1) is 0 Å². The predicted molar refractivity (Wildman–Crippen MR) is 56.5 cm³/mol. The first kappa shape index (κ1) is 9.94. The summed E-state index contributed by atoms with van der Waals surface area (Å²) >= 11 is 5.86. The molecule has 2 nitrogen and oxygen atoms in total. The predicted octanol–water partition coefficient (Wildman–Crippen LogP) is 2.85. The van der Waals surface area contributed by atoms with E-state index in [0.717, 1.165) is 19.4 Å². The van der Waals surface area contributed by atoms with E-state index in [9.17, 15) is 0 Å². The molecule has 1 aliphatic heterocycles. The van der Waals surface area contributed by atoms with Gasteiger partial charge in [0, 0.05) is 25.4 Å². The Morgan fingerprint density at radius 2 is 2.36 bits per heavy atom. The highest BCUT2D eigenvalue weighted by atomic mass is 35.5. The molecule has 1 aromatic heterocycles. The van der Waals surface area contributed by atoms with E-state index in [1.807, 2.05) is 12.3 Å². The van der Waals surface area contributed by atoms with Crippen molar-refractivity contribution in [2.24, 2.45) is 0 Å². The molecule has 76 valence electrons. The second kappa shape index (κ2) is 4.76. The maximum absolute atomic E-state index is 5.86. The third kappa shape index (κ3) is 2.69. The highest BCUT2D eigenvalue weighted by molar-refractivity contribution is 6.30. The van der Waals surface area contributed by atoms with Crippen molar-refractivity contribution in [3.05, 3.63) is 29.0 Å². The molecular formula is C11H14ClNO. The van der Waals surface area contributed by atoms with Gasteiger partial charge in [0.2, 0.25) is 0 Å². The summed E-state index contributed by atoms with van der Waals surface area (Å²) in [7, 11) is 0. The van der Waals surface area contributed by atoms with Crippen LogP contribution in [0.1, 0.15) is 24.8 Å². The molecule has 0 N–H and O–H groups in total. The number of rotatable bonds is 2. The van der Waals surface area contributed by atoms with E-state index in [1.165, 1.54) is 18.4 Å². The van der Waals surface area contributed by atoms with Gasteiger partial charge in [0.1, 0.15) is 0 Å². The van der Waals surface area contributed by atoms with Gasteiger partial charge >= 0.3 is 0 Å². The molecule has 0 saturated carbocycles. The fraction of sp³-hybridized carbons (Fsp3) is 0.545. The van der Waals surface area contributed by atoms with Crippen LogP contribution in [-0.2, 0) is 11.2 Å². The van der Waals surface area contributed by atoms with E-state index in [4.69, 9.17) is 16.3 Å². The second-order valence-electron chi connectivity index (χ2n) is 3.70. The minimum atomic E-state index is 0.365. The van der Waals surface area contributed by atoms with Gasteiger partial charge in [-0.05, 0) is 30.9 Å². The van der Waals surface area contributed by atoms with Crippen LogP contribution in [0.5, 0.6) is 0 Å². The van der Waals surface area contributed by atoms with Crippen LogP contribution in [0.4, 0.5) is 0 Å². The fourth-order valence-corrected chi connectivity index (χ4v) is 2.00. The zero-order valence-corrected chi connectivity index (χ0v) is 8.83. The van der Waals surface area contributed by atoms with E-state index in [-0.39, 0.29) is 0 Å². The second-order valence-corrected chi connectivity index (χ2v) is 4.14. The Morgan fingerprint density at radius 1 is 1.43 bits per heavy atom. The van der Waals surface area contributed by atoms with Crippen molar-refractivity contribution < 1.29 is 4.74 Å². The lowest BCUT2D eigenvalue weighted by Crippen LogP contribution is -2.21. The molecule has 0 spiro atoms. The van der Waals surface area contributed by atoms with Crippen molar-refractivity contribution in [2.45, 2.75) is 31.8 Å². The van der Waals surface area contributed by atoms with Gasteiger partial charge in [-0.25, -0.2) is 0 Å². The Morgan fingerprint density at radius 3 is 3.07 bits per heavy atom. The molecule has 2 heterocycles. The Bertz CT molecular complexity index is 297. The minimum Gasteiger partial charge on any atom is -0.378 e. The van der Waals surface area contributed by atoms with Crippen LogP contribution in [0.2, 0.25) is 5.02 Å². The summed E-state index contributed by atoms with van der Waals surface area (Å²) in [4.78, 5) is 4.06. The molecule has 14 heavy (non-hydrogen) atoms. The normalized spacial score (nSPS) is 22.2. The van der Waals surface area contributed by atoms with E-state index in [1.54, 1.807) is 6.20 Å². The van der Waals surface area contributed by atoms with Crippen LogP contribution >= 0.6 is 11.6 Å². The molecule has 1 unspecified atom stereocenters. The Kier molecular flexibility index (Phi) is 3.38. The summed E-state index contributed by atoms with van der Waals surface area (Å²) in [6, 6.07) is 1.96. The molecule has 1 aromatic rings. The number of hydrogen-bond donors (Lipinski definition) is 0. The maximum Gasteiger partial charge on any atom is 0.0616 e. The summed E-state index contributed by atoms with van der Waals surface area (Å²) in [5, 5.41) is 0.707. The fourth-order valence-electron chi connectivity index (χ4n) is 1.80. The zero-order valence-electron chi connectivity index (χ0n) is 8.08. The lowest BCUT2D eigenvalue weighted by molar-refractivity contribution is 0.0167. The molecule has 1 atom stereocenters. The summed E-state index contributed by atoms with van der Waals surface area (Å²) in [5.41, 5.74) is 1.17. The standard InChI is InChI=1S/C11H14ClNO/c12-10-5-9(7-13-8-10)6-11-3-1-2-4-14-11/h5,7-8,11H,1-4,6H2. The van der Waals surface area contributed by atoms with Crippen molar-refractivity contribution in [3.63, 3.8) is 0 Å². The zero-order chi connectivity index (χ0) is 9.80. The lowest BCUT2D eigenvalue weighted by Gasteiger charge is -2.22. The Hall–Kier alpha value is -0.600. The van der Waals surface area contributed by atoms with Gasteiger partial charge in [-0.3, -0.25) is 4.98 Å². The Labute approximate surface area is 89.3 Å². The molecule has 0 radical (unpaired) electrons. The van der Waals surface area contributed by atoms with Crippen LogP contribution in [-0.4, -0.2) is 17.7 Å². The molecule has 0 aliphatic carbocycles. The summed E-state index contributed by atoms with van der Waals surface area (Å²) < 4.78 is 5.65. The van der Waals surface area contributed by atoms with Crippen LogP contribution in [0, 0.1) is 0 Å². The van der Waals surface area contributed by atoms with Crippen molar-refractivity contribution in [2.75, 3.05) is 6.61 Å². The molecule has 0 bridgehead atoms. The minimum absolute atomic E-state index is 0.365. The van der Waals surface area contributed by atoms with Crippen molar-refractivity contribution >= 4 is 11.6 Å². The highest BCUT2D eigenvalue weighted by Gasteiger charge is 2.14.